The zero-order valence-electron chi connectivity index (χ0n) is 78.9. The molecule has 7 aromatic rings. The summed E-state index contributed by atoms with van der Waals surface area (Å²) in [4.78, 5) is 178. The number of carbonyl (C=O) groups is 12. The van der Waals surface area contributed by atoms with Crippen molar-refractivity contribution < 1.29 is 57.5 Å². The molecule has 3 aromatic heterocycles. The van der Waals surface area contributed by atoms with Crippen LogP contribution in [0.2, 0.25) is 0 Å². The second-order valence-electron chi connectivity index (χ2n) is 39.8. The van der Waals surface area contributed by atoms with Gasteiger partial charge in [0.1, 0.15) is 36.3 Å². The van der Waals surface area contributed by atoms with Crippen LogP contribution in [0.15, 0.2) is 110 Å². The quantitative estimate of drug-likeness (QED) is 0.0217. The van der Waals surface area contributed by atoms with Crippen LogP contribution in [0.3, 0.4) is 0 Å². The number of aromatic nitrogens is 9. The number of rotatable bonds is 33. The number of carbonyl (C=O) groups excluding carboxylic acids is 12. The lowest BCUT2D eigenvalue weighted by Crippen LogP contribution is -2.59. The van der Waals surface area contributed by atoms with Crippen LogP contribution in [-0.2, 0) is 81.7 Å². The molecule has 35 nitrogen and oxygen atoms in total. The number of nitrogens with zero attached hydrogens (tertiary/aromatic N) is 12. The molecule has 0 radical (unpaired) electrons. The lowest BCUT2D eigenvalue weighted by Gasteiger charge is -2.36. The van der Waals surface area contributed by atoms with Crippen molar-refractivity contribution in [2.24, 2.45) is 22.2 Å². The minimum absolute atomic E-state index is 0.00901. The van der Waals surface area contributed by atoms with E-state index < -0.39 is 118 Å². The van der Waals surface area contributed by atoms with E-state index in [-0.39, 0.29) is 154 Å². The summed E-state index contributed by atoms with van der Waals surface area (Å²) in [6.07, 6.45) is 14.2. The molecule has 132 heavy (non-hydrogen) atoms. The Balaban J connectivity index is 0.713. The molecule has 35 heteroatoms. The van der Waals surface area contributed by atoms with E-state index in [0.29, 0.717) is 23.5 Å². The molecule has 12 amide bonds. The van der Waals surface area contributed by atoms with Crippen molar-refractivity contribution in [2.75, 3.05) is 53.4 Å². The molecular weight excluding hydrogens is 1680 g/mol. The number of nitrogens with one attached hydrogen (secondary N) is 11. The summed E-state index contributed by atoms with van der Waals surface area (Å²) >= 11 is 0. The first kappa shape index (κ1) is 97.4. The van der Waals surface area contributed by atoms with E-state index >= 15 is 14.4 Å². The van der Waals surface area contributed by atoms with Crippen molar-refractivity contribution in [2.45, 2.75) is 277 Å². The monoisotopic (exact) mass is 1810 g/mol. The number of benzene rings is 4. The summed E-state index contributed by atoms with van der Waals surface area (Å²) in [5, 5.41) is 60.4. The average molecular weight is 1810 g/mol. The summed E-state index contributed by atoms with van der Waals surface area (Å²) in [7, 11) is 3.31. The van der Waals surface area contributed by atoms with Gasteiger partial charge in [-0.05, 0) is 160 Å². The van der Waals surface area contributed by atoms with Crippen LogP contribution in [0, 0.1) is 22.2 Å². The highest BCUT2D eigenvalue weighted by Crippen LogP contribution is 2.39. The Bertz CT molecular complexity index is 4840. The topological polar surface area (TPSA) is 439 Å². The fraction of sp³-hybridized carbons (Fsp3) is 0.567. The van der Waals surface area contributed by atoms with Gasteiger partial charge in [-0.25, -0.2) is 14.0 Å². The first-order valence-corrected chi connectivity index (χ1v) is 46.9. The average Bonchev–Trinajstić information content (AvgIpc) is 1.64. The summed E-state index contributed by atoms with van der Waals surface area (Å²) < 4.78 is 4.87. The molecule has 0 saturated carbocycles. The summed E-state index contributed by atoms with van der Waals surface area (Å²) in [6, 6.07) is 18.9. The number of amides is 12. The van der Waals surface area contributed by atoms with Gasteiger partial charge in [0.05, 0.1) is 65.4 Å². The molecule has 3 saturated heterocycles. The minimum Gasteiger partial charge on any atom is -0.352 e. The highest BCUT2D eigenvalue weighted by atomic mass is 16.2. The zero-order chi connectivity index (χ0) is 94.8. The van der Waals surface area contributed by atoms with E-state index in [0.717, 1.165) is 91.2 Å². The predicted octanol–water partition coefficient (Wildman–Crippen LogP) is 6.24. The molecular formula is C97H133N23O12. The number of aryl methyl sites for hydroxylation is 3. The SMILES string of the molecule is CC[C@@H](C)C(=O)NC(C(=O)N1C[C@@H](n2cc(CCNC(=O)c3cc(C(=O)NCCc4cn([C@H]5C[C@@H](C(=O)N[C@@H]6CCCc7ccccc76)N(C(=O)[C@@H](NC(=O)C(C)NC)C(C)(C)C)C5)nn4)cc(C(=O)NCCc4cn([C@H]5C[C@@H](C(=O)N[C@@H]6CCCc7ccccc76)N(C(=O)[C@@H](NC(=O)[C@H](C)NC)C(C)(C)C)C5)nn4)c3)nn2)C[C@H]1C(=O)NC1CCCc2ccccc21)C(C)(C)C. The Labute approximate surface area is 772 Å². The van der Waals surface area contributed by atoms with Crippen molar-refractivity contribution in [3.8, 4) is 0 Å². The van der Waals surface area contributed by atoms with E-state index in [4.69, 9.17) is 0 Å². The van der Waals surface area contributed by atoms with Crippen LogP contribution >= 0.6 is 0 Å². The second-order valence-corrected chi connectivity index (χ2v) is 39.8. The molecule has 6 aliphatic rings. The third-order valence-electron chi connectivity index (χ3n) is 27.1. The summed E-state index contributed by atoms with van der Waals surface area (Å²) in [5.41, 5.74) is 5.65. The minimum atomic E-state index is -1.00. The number of hydrogen-bond donors (Lipinski definition) is 11. The molecule has 3 unspecified atom stereocenters. The maximum Gasteiger partial charge on any atom is 0.251 e. The molecule has 708 valence electrons. The van der Waals surface area contributed by atoms with Crippen LogP contribution in [-0.4, -0.2) is 232 Å². The van der Waals surface area contributed by atoms with Gasteiger partial charge < -0.3 is 73.2 Å². The normalized spacial score (nSPS) is 21.5. The van der Waals surface area contributed by atoms with Crippen molar-refractivity contribution in [1.29, 1.82) is 0 Å². The maximum absolute atomic E-state index is 15.0. The van der Waals surface area contributed by atoms with Gasteiger partial charge in [0.2, 0.25) is 53.2 Å². The van der Waals surface area contributed by atoms with Crippen LogP contribution < -0.4 is 58.5 Å². The lowest BCUT2D eigenvalue weighted by molar-refractivity contribution is -0.144. The van der Waals surface area contributed by atoms with Crippen molar-refractivity contribution in [3.63, 3.8) is 0 Å². The smallest absolute Gasteiger partial charge is 0.251 e. The fourth-order valence-electron chi connectivity index (χ4n) is 18.8. The van der Waals surface area contributed by atoms with Gasteiger partial charge in [-0.3, -0.25) is 57.5 Å². The number of likely N-dealkylation sites (N-methyl/N-ethyl adjacent to an activating group) is 2. The molecule has 3 fully saturated rings. The molecule has 4 aromatic carbocycles. The molecule has 13 rings (SSSR count). The molecule has 0 spiro atoms. The fourth-order valence-corrected chi connectivity index (χ4v) is 18.8. The highest BCUT2D eigenvalue weighted by Gasteiger charge is 2.51. The van der Waals surface area contributed by atoms with Gasteiger partial charge in [-0.1, -0.05) is 165 Å². The number of likely N-dealkylation sites (tertiary alicyclic amines) is 3. The highest BCUT2D eigenvalue weighted by molar-refractivity contribution is 6.05. The summed E-state index contributed by atoms with van der Waals surface area (Å²) in [6.45, 7) is 24.2. The van der Waals surface area contributed by atoms with Gasteiger partial charge >= 0.3 is 0 Å². The van der Waals surface area contributed by atoms with Crippen LogP contribution in [0.25, 0.3) is 0 Å². The second kappa shape index (κ2) is 42.2. The Morgan fingerprint density at radius 1 is 0.402 bits per heavy atom. The van der Waals surface area contributed by atoms with E-state index in [1.165, 1.54) is 18.2 Å². The van der Waals surface area contributed by atoms with E-state index in [1.54, 1.807) is 75.3 Å². The Hall–Kier alpha value is -12.1. The maximum atomic E-state index is 15.0. The van der Waals surface area contributed by atoms with Gasteiger partial charge in [-0.2, -0.15) is 0 Å². The van der Waals surface area contributed by atoms with E-state index in [1.807, 2.05) is 131 Å². The summed E-state index contributed by atoms with van der Waals surface area (Å²) in [5.74, 6) is -5.47. The van der Waals surface area contributed by atoms with Crippen LogP contribution in [0.5, 0.6) is 0 Å². The standard InChI is InChI=1S/C97H133N23O12/c1-16-56(2)83(121)106-80(95(5,6)7)92(130)115-53-68(47-77(115)89(127)103-74-35-23-29-59-26-17-20-32-71(59)74)118-50-65(109-112-118)38-41-100-86(124)62-44-63(87(125)101-42-39-66-51-119(113-110-66)69-48-78(90(128)104-75-36-24-30-60-27-18-21-33-72(60)75)116(54-69)93(131)81(96(8,9)10)107-84(122)57(3)98-14)46-64(45-62)88(126)102-43-40-67-52-120(114-111-67)70-49-79(91(129)105-76-37-25-31-61-28-19-22-34-73(61)76)117(55-70)94(132)82(97(11,12)13)108-85(123)58(4)99-15/h17-22,26-28,32-34,44-46,50-52,56-58,68-70,74-82,98-99H,16,23-25,29-31,35-43,47-49,53-55H2,1-15H3,(H,100,124)(H,101,125)(H,102,126)(H,103,127)(H,104,128)(H,105,129)(H,106,121)(H,107,122)(H,108,123)/t56-,57+,58?,68+,69+,70+,74?,75-,76-,77+,78+,79+,80?,81-,82-/m1/s1. The third-order valence-corrected chi connectivity index (χ3v) is 27.1. The largest absolute Gasteiger partial charge is 0.352 e. The molecule has 0 bridgehead atoms. The van der Waals surface area contributed by atoms with Gasteiger partial charge in [0.15, 0.2) is 0 Å². The first-order valence-electron chi connectivity index (χ1n) is 46.9. The number of hydrogen-bond acceptors (Lipinski definition) is 20. The Kier molecular flexibility index (Phi) is 31.1. The molecule has 3 aliphatic carbocycles. The van der Waals surface area contributed by atoms with Gasteiger partial charge in [0, 0.05) is 119 Å². The zero-order valence-corrected chi connectivity index (χ0v) is 78.9. The lowest BCUT2D eigenvalue weighted by atomic mass is 9.85. The first-order chi connectivity index (χ1) is 62.9. The molecule has 11 N–H and O–H groups in total. The van der Waals surface area contributed by atoms with Crippen LogP contribution in [0.1, 0.15) is 272 Å². The van der Waals surface area contributed by atoms with Crippen molar-refractivity contribution >= 4 is 70.9 Å². The third kappa shape index (κ3) is 23.1. The molecule has 15 atom stereocenters. The van der Waals surface area contributed by atoms with Gasteiger partial charge in [0.25, 0.3) is 17.7 Å². The van der Waals surface area contributed by atoms with Gasteiger partial charge in [-0.15, -0.1) is 15.3 Å². The predicted molar refractivity (Wildman–Crippen MR) is 494 cm³/mol. The molecule has 3 aliphatic heterocycles. The van der Waals surface area contributed by atoms with E-state index in [2.05, 4.69) is 108 Å². The van der Waals surface area contributed by atoms with Crippen molar-refractivity contribution in [3.05, 3.63) is 177 Å². The Morgan fingerprint density at radius 2 is 0.682 bits per heavy atom. The van der Waals surface area contributed by atoms with Crippen LogP contribution in [0.4, 0.5) is 0 Å². The van der Waals surface area contributed by atoms with Crippen molar-refractivity contribution in [1.82, 2.24) is 118 Å². The number of fused-ring (bicyclic) bond motifs is 3. The van der Waals surface area contributed by atoms with E-state index in [9.17, 15) is 43.2 Å². The Morgan fingerprint density at radius 3 is 0.955 bits per heavy atom. The molecule has 6 heterocycles.